The van der Waals surface area contributed by atoms with E-state index >= 15 is 0 Å². The molecule has 0 saturated heterocycles. The van der Waals surface area contributed by atoms with Crippen molar-refractivity contribution in [3.63, 3.8) is 0 Å². The van der Waals surface area contributed by atoms with Crippen LogP contribution in [-0.4, -0.2) is 37.1 Å². The molecule has 188 valence electrons. The van der Waals surface area contributed by atoms with Crippen LogP contribution < -0.4 is 20.1 Å². The van der Waals surface area contributed by atoms with Crippen LogP contribution in [0.5, 0.6) is 11.5 Å². The van der Waals surface area contributed by atoms with Crippen molar-refractivity contribution in [1.82, 2.24) is 4.90 Å². The first-order valence-electron chi connectivity index (χ1n) is 12.7. The Morgan fingerprint density at radius 2 is 1.50 bits per heavy atom. The fraction of sp³-hybridized carbons (Fsp3) is 0.300. The molecule has 3 aromatic rings. The molecule has 1 heterocycles. The number of fused-ring (bicyclic) bond motifs is 1. The molecule has 0 saturated carbocycles. The lowest BCUT2D eigenvalue weighted by molar-refractivity contribution is -0.110. The van der Waals surface area contributed by atoms with Gasteiger partial charge < -0.3 is 20.1 Å². The summed E-state index contributed by atoms with van der Waals surface area (Å²) in [5.41, 5.74) is 5.92. The van der Waals surface area contributed by atoms with Crippen molar-refractivity contribution in [2.24, 2.45) is 0 Å². The van der Waals surface area contributed by atoms with Gasteiger partial charge in [0.2, 0.25) is 0 Å². The molecule has 0 fully saturated rings. The zero-order valence-electron chi connectivity index (χ0n) is 21.6. The zero-order valence-corrected chi connectivity index (χ0v) is 21.6. The first kappa shape index (κ1) is 25.3. The molecular weight excluding hydrogens is 450 g/mol. The van der Waals surface area contributed by atoms with Gasteiger partial charge in [0.05, 0.1) is 30.2 Å². The van der Waals surface area contributed by atoms with Gasteiger partial charge in [0, 0.05) is 23.9 Å². The highest BCUT2D eigenvalue weighted by atomic mass is 16.5. The maximum Gasteiger partial charge on any atom is 0.258 e. The molecule has 0 atom stereocenters. The summed E-state index contributed by atoms with van der Waals surface area (Å²) in [5, 5.41) is 6.56. The minimum absolute atomic E-state index is 0.161. The Hall–Kier alpha value is -3.77. The molecule has 0 unspecified atom stereocenters. The second kappa shape index (κ2) is 11.8. The van der Waals surface area contributed by atoms with Gasteiger partial charge in [0.15, 0.2) is 11.5 Å². The fourth-order valence-electron chi connectivity index (χ4n) is 4.39. The number of hydrogen-bond acceptors (Lipinski definition) is 5. The summed E-state index contributed by atoms with van der Waals surface area (Å²) in [6.07, 6.45) is 0. The molecule has 0 spiro atoms. The molecular formula is C30H35N3O3. The van der Waals surface area contributed by atoms with E-state index in [-0.39, 0.29) is 5.91 Å². The van der Waals surface area contributed by atoms with Gasteiger partial charge >= 0.3 is 0 Å². The zero-order chi connectivity index (χ0) is 25.5. The fourth-order valence-corrected chi connectivity index (χ4v) is 4.39. The highest BCUT2D eigenvalue weighted by Gasteiger charge is 2.30. The number of nitrogens with one attached hydrogen (secondary N) is 2. The predicted molar refractivity (Wildman–Crippen MR) is 147 cm³/mol. The van der Waals surface area contributed by atoms with Crippen molar-refractivity contribution in [2.75, 3.05) is 36.9 Å². The average Bonchev–Trinajstić information content (AvgIpc) is 3.22. The Morgan fingerprint density at radius 1 is 0.861 bits per heavy atom. The van der Waals surface area contributed by atoms with Gasteiger partial charge in [0.25, 0.3) is 5.91 Å². The van der Waals surface area contributed by atoms with Crippen LogP contribution in [0.25, 0.3) is 11.3 Å². The molecule has 6 nitrogen and oxygen atoms in total. The van der Waals surface area contributed by atoms with Gasteiger partial charge in [-0.1, -0.05) is 56.3 Å². The maximum absolute atomic E-state index is 13.3. The summed E-state index contributed by atoms with van der Waals surface area (Å²) in [4.78, 5) is 15.7. The lowest BCUT2D eigenvalue weighted by atomic mass is 9.99. The van der Waals surface area contributed by atoms with E-state index in [1.165, 1.54) is 5.56 Å². The molecule has 4 rings (SSSR count). The van der Waals surface area contributed by atoms with Gasteiger partial charge in [-0.15, -0.1) is 0 Å². The Labute approximate surface area is 213 Å². The van der Waals surface area contributed by atoms with Crippen LogP contribution in [0.2, 0.25) is 0 Å². The van der Waals surface area contributed by atoms with Gasteiger partial charge in [0.1, 0.15) is 0 Å². The molecule has 1 aliphatic heterocycles. The van der Waals surface area contributed by atoms with Crippen LogP contribution in [0.3, 0.4) is 0 Å². The van der Waals surface area contributed by atoms with Crippen LogP contribution in [0, 0.1) is 0 Å². The van der Waals surface area contributed by atoms with Crippen LogP contribution >= 0.6 is 0 Å². The van der Waals surface area contributed by atoms with Crippen LogP contribution in [0.15, 0.2) is 66.7 Å². The van der Waals surface area contributed by atoms with E-state index in [1.54, 1.807) is 0 Å². The number of ether oxygens (including phenoxy) is 2. The lowest BCUT2D eigenvalue weighted by Gasteiger charge is -2.19. The number of carbonyl (C=O) groups is 1. The van der Waals surface area contributed by atoms with Crippen molar-refractivity contribution in [3.8, 4) is 11.5 Å². The van der Waals surface area contributed by atoms with E-state index in [0.29, 0.717) is 36.0 Å². The Kier molecular flexibility index (Phi) is 8.28. The minimum Gasteiger partial charge on any atom is -0.490 e. The van der Waals surface area contributed by atoms with E-state index in [9.17, 15) is 4.79 Å². The van der Waals surface area contributed by atoms with E-state index in [4.69, 9.17) is 9.47 Å². The van der Waals surface area contributed by atoms with E-state index < -0.39 is 0 Å². The normalized spacial score (nSPS) is 13.9. The largest absolute Gasteiger partial charge is 0.490 e. The number of anilines is 2. The molecule has 0 aromatic heterocycles. The van der Waals surface area contributed by atoms with Crippen molar-refractivity contribution < 1.29 is 14.3 Å². The number of benzene rings is 3. The van der Waals surface area contributed by atoms with Crippen molar-refractivity contribution >= 4 is 28.6 Å². The lowest BCUT2D eigenvalue weighted by Crippen LogP contribution is -2.22. The summed E-state index contributed by atoms with van der Waals surface area (Å²) in [7, 11) is 0. The Morgan fingerprint density at radius 3 is 2.11 bits per heavy atom. The molecule has 3 aromatic carbocycles. The van der Waals surface area contributed by atoms with E-state index in [1.807, 2.05) is 56.3 Å². The third-order valence-electron chi connectivity index (χ3n) is 6.26. The highest BCUT2D eigenvalue weighted by Crippen LogP contribution is 2.43. The van der Waals surface area contributed by atoms with E-state index in [0.717, 1.165) is 42.1 Å². The molecule has 0 radical (unpaired) electrons. The van der Waals surface area contributed by atoms with Gasteiger partial charge in [-0.2, -0.15) is 0 Å². The number of hydrogen-bond donors (Lipinski definition) is 2. The van der Waals surface area contributed by atoms with Crippen LogP contribution in [0.1, 0.15) is 44.4 Å². The molecule has 0 aliphatic carbocycles. The van der Waals surface area contributed by atoms with Crippen molar-refractivity contribution in [1.29, 1.82) is 0 Å². The number of rotatable bonds is 11. The van der Waals surface area contributed by atoms with Crippen LogP contribution in [0.4, 0.5) is 11.4 Å². The quantitative estimate of drug-likeness (QED) is 0.314. The minimum atomic E-state index is -0.161. The second-order valence-electron chi connectivity index (χ2n) is 8.56. The molecule has 1 aliphatic rings. The summed E-state index contributed by atoms with van der Waals surface area (Å²) >= 11 is 0. The van der Waals surface area contributed by atoms with Gasteiger partial charge in [-0.05, 0) is 56.3 Å². The maximum atomic E-state index is 13.3. The molecule has 1 amide bonds. The SMILES string of the molecule is CCOc1cc2c(cc1OCC)/C(=C(/Nc1ccc(CN(CC)CC)cc1)c1ccccc1)C(=O)N2. The summed E-state index contributed by atoms with van der Waals surface area (Å²) in [6, 6.07) is 22.1. The molecule has 6 heteroatoms. The first-order chi connectivity index (χ1) is 17.6. The molecule has 2 N–H and O–H groups in total. The highest BCUT2D eigenvalue weighted by molar-refractivity contribution is 6.37. The standard InChI is InChI=1S/C30H35N3O3/c1-5-33(6-2)20-21-14-16-23(17-15-21)31-29(22-12-10-9-11-13-22)28-24-18-26(35-7-3)27(36-8-4)19-25(24)32-30(28)34/h9-19,31H,5-8,20H2,1-4H3,(H,32,34)/b29-28-. The Balaban J connectivity index is 1.77. The summed E-state index contributed by atoms with van der Waals surface area (Å²) in [5.74, 6) is 1.09. The van der Waals surface area contributed by atoms with Gasteiger partial charge in [-0.25, -0.2) is 0 Å². The third kappa shape index (κ3) is 5.55. The summed E-state index contributed by atoms with van der Waals surface area (Å²) < 4.78 is 11.6. The topological polar surface area (TPSA) is 62.8 Å². The number of carbonyl (C=O) groups excluding carboxylic acids is 1. The molecule has 36 heavy (non-hydrogen) atoms. The average molecular weight is 486 g/mol. The van der Waals surface area contributed by atoms with E-state index in [2.05, 4.69) is 53.6 Å². The first-order valence-corrected chi connectivity index (χ1v) is 12.7. The second-order valence-corrected chi connectivity index (χ2v) is 8.56. The predicted octanol–water partition coefficient (Wildman–Crippen LogP) is 6.26. The number of amides is 1. The van der Waals surface area contributed by atoms with Gasteiger partial charge in [-0.3, -0.25) is 9.69 Å². The number of nitrogens with zero attached hydrogens (tertiary/aromatic N) is 1. The van der Waals surface area contributed by atoms with Crippen molar-refractivity contribution in [3.05, 3.63) is 83.4 Å². The summed E-state index contributed by atoms with van der Waals surface area (Å²) in [6.45, 7) is 12.2. The third-order valence-corrected chi connectivity index (χ3v) is 6.26. The smallest absolute Gasteiger partial charge is 0.258 e. The van der Waals surface area contributed by atoms with Crippen LogP contribution in [-0.2, 0) is 11.3 Å². The van der Waals surface area contributed by atoms with Crippen molar-refractivity contribution in [2.45, 2.75) is 34.2 Å². The molecule has 0 bridgehead atoms. The monoisotopic (exact) mass is 485 g/mol. The Bertz CT molecular complexity index is 1220.